The number of carbonyl (C=O) groups is 1. The van der Waals surface area contributed by atoms with Crippen LogP contribution in [0.4, 0.5) is 4.79 Å². The number of ether oxygens (including phenoxy) is 1. The van der Waals surface area contributed by atoms with E-state index in [9.17, 15) is 4.79 Å². The second kappa shape index (κ2) is 5.31. The molecule has 2 amide bonds. The van der Waals surface area contributed by atoms with Crippen LogP contribution in [0.5, 0.6) is 0 Å². The number of hydrogen-bond acceptors (Lipinski definition) is 2. The van der Waals surface area contributed by atoms with Crippen molar-refractivity contribution in [1.29, 1.82) is 0 Å². The fraction of sp³-hybridized carbons (Fsp3) is 0.786. The second-order valence-corrected chi connectivity index (χ2v) is 6.19. The highest BCUT2D eigenvalue weighted by atomic mass is 16.5. The summed E-state index contributed by atoms with van der Waals surface area (Å²) in [5, 5.41) is 3.03. The van der Waals surface area contributed by atoms with Gasteiger partial charge in [0.05, 0.1) is 12.6 Å². The van der Waals surface area contributed by atoms with Gasteiger partial charge in [0.2, 0.25) is 0 Å². The molecule has 0 spiro atoms. The van der Waals surface area contributed by atoms with E-state index >= 15 is 0 Å². The first-order valence-corrected chi connectivity index (χ1v) is 6.79. The minimum absolute atomic E-state index is 0.0507. The number of hydrogen-bond donors (Lipinski definition) is 1. The van der Waals surface area contributed by atoms with Gasteiger partial charge in [-0.05, 0) is 18.3 Å². The van der Waals surface area contributed by atoms with Gasteiger partial charge in [0, 0.05) is 19.7 Å². The third-order valence-electron chi connectivity index (χ3n) is 3.72. The molecule has 1 unspecified atom stereocenters. The fourth-order valence-electron chi connectivity index (χ4n) is 2.45. The van der Waals surface area contributed by atoms with Crippen molar-refractivity contribution in [2.24, 2.45) is 5.41 Å². The van der Waals surface area contributed by atoms with Crippen LogP contribution in [-0.2, 0) is 4.74 Å². The molecule has 1 atom stereocenters. The first-order chi connectivity index (χ1) is 8.47. The van der Waals surface area contributed by atoms with Crippen molar-refractivity contribution in [2.45, 2.75) is 39.7 Å². The van der Waals surface area contributed by atoms with E-state index in [1.807, 2.05) is 4.90 Å². The molecule has 0 aliphatic carbocycles. The summed E-state index contributed by atoms with van der Waals surface area (Å²) < 4.78 is 5.26. The van der Waals surface area contributed by atoms with E-state index in [2.05, 4.69) is 32.2 Å². The van der Waals surface area contributed by atoms with Crippen molar-refractivity contribution in [3.63, 3.8) is 0 Å². The van der Waals surface area contributed by atoms with Gasteiger partial charge in [-0.1, -0.05) is 32.4 Å². The van der Waals surface area contributed by atoms with Crippen LogP contribution in [0.15, 0.2) is 11.6 Å². The first-order valence-electron chi connectivity index (χ1n) is 6.79. The van der Waals surface area contributed by atoms with E-state index in [0.29, 0.717) is 6.61 Å². The fourth-order valence-corrected chi connectivity index (χ4v) is 2.45. The Hall–Kier alpha value is -1.03. The summed E-state index contributed by atoms with van der Waals surface area (Å²) in [6, 6.07) is 0.250. The summed E-state index contributed by atoms with van der Waals surface area (Å²) in [6.07, 6.45) is 4.12. The van der Waals surface area contributed by atoms with Crippen molar-refractivity contribution in [3.8, 4) is 0 Å². The molecule has 102 valence electrons. The Labute approximate surface area is 109 Å². The minimum Gasteiger partial charge on any atom is -0.379 e. The quantitative estimate of drug-likeness (QED) is 0.727. The van der Waals surface area contributed by atoms with E-state index in [0.717, 1.165) is 32.5 Å². The van der Waals surface area contributed by atoms with Gasteiger partial charge in [-0.3, -0.25) is 0 Å². The Bertz CT molecular complexity index is 338. The maximum Gasteiger partial charge on any atom is 0.317 e. The zero-order valence-electron chi connectivity index (χ0n) is 11.7. The zero-order valence-corrected chi connectivity index (χ0v) is 11.7. The van der Waals surface area contributed by atoms with Gasteiger partial charge in [-0.2, -0.15) is 0 Å². The van der Waals surface area contributed by atoms with E-state index < -0.39 is 0 Å². The minimum atomic E-state index is 0.0507. The molecule has 18 heavy (non-hydrogen) atoms. The third-order valence-corrected chi connectivity index (χ3v) is 3.72. The predicted molar refractivity (Wildman–Crippen MR) is 71.5 cm³/mol. The molecule has 2 aliphatic rings. The molecular weight excluding hydrogens is 228 g/mol. The monoisotopic (exact) mass is 252 g/mol. The Balaban J connectivity index is 1.85. The number of carbonyl (C=O) groups excluding carboxylic acids is 1. The van der Waals surface area contributed by atoms with Crippen molar-refractivity contribution >= 4 is 6.03 Å². The van der Waals surface area contributed by atoms with Gasteiger partial charge in [0.15, 0.2) is 0 Å². The molecule has 2 aliphatic heterocycles. The van der Waals surface area contributed by atoms with E-state index in [4.69, 9.17) is 4.74 Å². The summed E-state index contributed by atoms with van der Waals surface area (Å²) in [7, 11) is 0. The lowest BCUT2D eigenvalue weighted by Crippen LogP contribution is -2.47. The van der Waals surface area contributed by atoms with Crippen molar-refractivity contribution in [1.82, 2.24) is 10.2 Å². The van der Waals surface area contributed by atoms with Gasteiger partial charge < -0.3 is 15.0 Å². The van der Waals surface area contributed by atoms with Crippen molar-refractivity contribution in [3.05, 3.63) is 11.6 Å². The maximum absolute atomic E-state index is 12.0. The average Bonchev–Trinajstić information content (AvgIpc) is 2.81. The molecule has 2 heterocycles. The van der Waals surface area contributed by atoms with Crippen LogP contribution in [-0.4, -0.2) is 43.3 Å². The summed E-state index contributed by atoms with van der Waals surface area (Å²) in [4.78, 5) is 13.9. The number of urea groups is 1. The second-order valence-electron chi connectivity index (χ2n) is 6.19. The van der Waals surface area contributed by atoms with Gasteiger partial charge in [0.25, 0.3) is 0 Å². The Morgan fingerprint density at radius 1 is 1.50 bits per heavy atom. The number of rotatable bonds is 1. The molecule has 1 saturated heterocycles. The summed E-state index contributed by atoms with van der Waals surface area (Å²) in [5.41, 5.74) is 1.68. The van der Waals surface area contributed by atoms with Crippen LogP contribution in [0.2, 0.25) is 0 Å². The maximum atomic E-state index is 12.0. The SMILES string of the molecule is CC(C)(C)C1=CCN(C(=O)NC2CCOC2)CC1. The summed E-state index contributed by atoms with van der Waals surface area (Å²) in [5.74, 6) is 0. The van der Waals surface area contributed by atoms with E-state index in [1.54, 1.807) is 0 Å². The molecule has 0 saturated carbocycles. The first kappa shape index (κ1) is 13.4. The summed E-state index contributed by atoms with van der Waals surface area (Å²) in [6.45, 7) is 9.65. The predicted octanol–water partition coefficient (Wildman–Crippen LogP) is 2.16. The van der Waals surface area contributed by atoms with E-state index in [1.165, 1.54) is 5.57 Å². The standard InChI is InChI=1S/C14H24N2O2/c1-14(2,3)11-4-7-16(8-5-11)13(17)15-12-6-9-18-10-12/h4,12H,5-10H2,1-3H3,(H,15,17). The van der Waals surface area contributed by atoms with Gasteiger partial charge in [-0.15, -0.1) is 0 Å². The normalized spacial score (nSPS) is 24.9. The van der Waals surface area contributed by atoms with Crippen molar-refractivity contribution in [2.75, 3.05) is 26.3 Å². The Kier molecular flexibility index (Phi) is 3.95. The smallest absolute Gasteiger partial charge is 0.317 e. The van der Waals surface area contributed by atoms with E-state index in [-0.39, 0.29) is 17.5 Å². The molecule has 2 rings (SSSR count). The molecule has 0 radical (unpaired) electrons. The molecule has 1 fully saturated rings. The van der Waals surface area contributed by atoms with Gasteiger partial charge >= 0.3 is 6.03 Å². The Morgan fingerprint density at radius 3 is 2.78 bits per heavy atom. The third kappa shape index (κ3) is 3.25. The molecule has 0 aromatic heterocycles. The summed E-state index contributed by atoms with van der Waals surface area (Å²) >= 11 is 0. The lowest BCUT2D eigenvalue weighted by Gasteiger charge is -2.32. The number of amides is 2. The topological polar surface area (TPSA) is 41.6 Å². The van der Waals surface area contributed by atoms with Crippen LogP contribution in [0, 0.1) is 5.41 Å². The van der Waals surface area contributed by atoms with Gasteiger partial charge in [0.1, 0.15) is 0 Å². The molecule has 4 nitrogen and oxygen atoms in total. The molecule has 0 aromatic carbocycles. The highest BCUT2D eigenvalue weighted by Crippen LogP contribution is 2.30. The molecule has 0 aromatic rings. The molecule has 1 N–H and O–H groups in total. The van der Waals surface area contributed by atoms with Crippen LogP contribution in [0.1, 0.15) is 33.6 Å². The lowest BCUT2D eigenvalue weighted by atomic mass is 9.83. The zero-order chi connectivity index (χ0) is 13.2. The van der Waals surface area contributed by atoms with Crippen LogP contribution < -0.4 is 5.32 Å². The highest BCUT2D eigenvalue weighted by molar-refractivity contribution is 5.75. The van der Waals surface area contributed by atoms with Crippen molar-refractivity contribution < 1.29 is 9.53 Å². The molecule has 0 bridgehead atoms. The largest absolute Gasteiger partial charge is 0.379 e. The highest BCUT2D eigenvalue weighted by Gasteiger charge is 2.25. The van der Waals surface area contributed by atoms with Crippen LogP contribution in [0.25, 0.3) is 0 Å². The lowest BCUT2D eigenvalue weighted by molar-refractivity contribution is 0.178. The Morgan fingerprint density at radius 2 is 2.28 bits per heavy atom. The number of nitrogens with one attached hydrogen (secondary N) is 1. The van der Waals surface area contributed by atoms with Crippen LogP contribution >= 0.6 is 0 Å². The van der Waals surface area contributed by atoms with Gasteiger partial charge in [-0.25, -0.2) is 4.79 Å². The molecular formula is C14H24N2O2. The number of nitrogens with zero attached hydrogens (tertiary/aromatic N) is 1. The average molecular weight is 252 g/mol. The van der Waals surface area contributed by atoms with Crippen LogP contribution in [0.3, 0.4) is 0 Å². The molecule has 4 heteroatoms.